The van der Waals surface area contributed by atoms with Crippen molar-refractivity contribution in [1.29, 1.82) is 0 Å². The molecule has 0 bridgehead atoms. The third-order valence-electron chi connectivity index (χ3n) is 8.79. The molecule has 0 saturated carbocycles. The first-order chi connectivity index (χ1) is 24.1. The molecule has 0 spiro atoms. The summed E-state index contributed by atoms with van der Waals surface area (Å²) in [7, 11) is -0.289. The SMILES string of the molecule is COc1ccc(C(CC(C)N(Cc2ccccc2)C[C@H](O)c2ccc(OCc3ccccc3)c(NS(C)(=O)=O)c2)c2ccc(OC)cc2)cc1. The lowest BCUT2D eigenvalue weighted by atomic mass is 9.85. The van der Waals surface area contributed by atoms with E-state index in [2.05, 4.69) is 52.9 Å². The summed E-state index contributed by atoms with van der Waals surface area (Å²) in [6.45, 7) is 3.39. The maximum atomic E-state index is 12.3. The zero-order valence-electron chi connectivity index (χ0n) is 29.0. The number of aliphatic hydroxyl groups excluding tert-OH is 1. The summed E-state index contributed by atoms with van der Waals surface area (Å²) in [5.74, 6) is 2.03. The molecule has 0 saturated heterocycles. The number of benzene rings is 5. The zero-order chi connectivity index (χ0) is 35.5. The van der Waals surface area contributed by atoms with Crippen LogP contribution in [0.15, 0.2) is 127 Å². The Morgan fingerprint density at radius 3 is 1.76 bits per heavy atom. The largest absolute Gasteiger partial charge is 0.497 e. The molecule has 50 heavy (non-hydrogen) atoms. The average Bonchev–Trinajstić information content (AvgIpc) is 3.13. The fourth-order valence-corrected chi connectivity index (χ4v) is 6.63. The van der Waals surface area contributed by atoms with Gasteiger partial charge in [-0.25, -0.2) is 8.42 Å². The van der Waals surface area contributed by atoms with E-state index >= 15 is 0 Å². The predicted octanol–water partition coefficient (Wildman–Crippen LogP) is 7.80. The number of anilines is 1. The average molecular weight is 695 g/mol. The van der Waals surface area contributed by atoms with Crippen LogP contribution >= 0.6 is 0 Å². The van der Waals surface area contributed by atoms with E-state index in [-0.39, 0.29) is 24.3 Å². The van der Waals surface area contributed by atoms with Crippen molar-refractivity contribution >= 4 is 15.7 Å². The molecule has 8 nitrogen and oxygen atoms in total. The van der Waals surface area contributed by atoms with Gasteiger partial charge in [-0.1, -0.05) is 91.0 Å². The van der Waals surface area contributed by atoms with E-state index in [0.29, 0.717) is 24.4 Å². The minimum Gasteiger partial charge on any atom is -0.497 e. The van der Waals surface area contributed by atoms with Crippen LogP contribution in [0.2, 0.25) is 0 Å². The fourth-order valence-electron chi connectivity index (χ4n) is 6.07. The number of sulfonamides is 1. The molecule has 0 fully saturated rings. The summed E-state index contributed by atoms with van der Waals surface area (Å²) in [5.41, 5.74) is 5.25. The summed E-state index contributed by atoms with van der Waals surface area (Å²) in [4.78, 5) is 2.28. The molecule has 9 heteroatoms. The van der Waals surface area contributed by atoms with Gasteiger partial charge in [-0.2, -0.15) is 0 Å². The Hall–Kier alpha value is -4.83. The second-order valence-electron chi connectivity index (χ2n) is 12.5. The number of aliphatic hydroxyl groups is 1. The minimum atomic E-state index is -3.62. The summed E-state index contributed by atoms with van der Waals surface area (Å²) >= 11 is 0. The first-order valence-corrected chi connectivity index (χ1v) is 18.5. The van der Waals surface area contributed by atoms with Gasteiger partial charge in [-0.3, -0.25) is 9.62 Å². The van der Waals surface area contributed by atoms with Crippen LogP contribution in [0.25, 0.3) is 0 Å². The fraction of sp³-hybridized carbons (Fsp3) is 0.268. The van der Waals surface area contributed by atoms with Crippen molar-refractivity contribution < 1.29 is 27.7 Å². The Bertz CT molecular complexity index is 1840. The van der Waals surface area contributed by atoms with Gasteiger partial charge in [0.1, 0.15) is 23.9 Å². The Morgan fingerprint density at radius 1 is 0.720 bits per heavy atom. The molecule has 2 atom stereocenters. The lowest BCUT2D eigenvalue weighted by Crippen LogP contribution is -2.37. The van der Waals surface area contributed by atoms with Gasteiger partial charge >= 0.3 is 0 Å². The van der Waals surface area contributed by atoms with Gasteiger partial charge in [0.15, 0.2) is 0 Å². The van der Waals surface area contributed by atoms with Gasteiger partial charge < -0.3 is 19.3 Å². The highest BCUT2D eigenvalue weighted by Crippen LogP contribution is 2.35. The Kier molecular flexibility index (Phi) is 12.5. The molecular formula is C41H46N2O6S. The molecule has 5 rings (SSSR count). The van der Waals surface area contributed by atoms with Gasteiger partial charge in [-0.05, 0) is 77.6 Å². The molecule has 0 radical (unpaired) electrons. The van der Waals surface area contributed by atoms with Crippen LogP contribution in [0.1, 0.15) is 53.2 Å². The van der Waals surface area contributed by atoms with Crippen molar-refractivity contribution in [2.75, 3.05) is 31.7 Å². The number of hydrogen-bond donors (Lipinski definition) is 2. The first-order valence-electron chi connectivity index (χ1n) is 16.6. The number of nitrogens with one attached hydrogen (secondary N) is 1. The molecule has 1 unspecified atom stereocenters. The van der Waals surface area contributed by atoms with Crippen molar-refractivity contribution in [1.82, 2.24) is 4.90 Å². The zero-order valence-corrected chi connectivity index (χ0v) is 29.8. The summed E-state index contributed by atoms with van der Waals surface area (Å²) in [6, 6.07) is 41.4. The van der Waals surface area contributed by atoms with E-state index in [9.17, 15) is 13.5 Å². The quantitative estimate of drug-likeness (QED) is 0.103. The monoisotopic (exact) mass is 694 g/mol. The van der Waals surface area contributed by atoms with Crippen LogP contribution in [0, 0.1) is 0 Å². The summed E-state index contributed by atoms with van der Waals surface area (Å²) < 4.78 is 44.1. The standard InChI is InChI=1S/C41H46N2O6S/c1-30(25-38(33-15-20-36(47-2)21-16-33)34-17-22-37(48-3)23-18-34)43(27-31-11-7-5-8-12-31)28-40(44)35-19-24-41(39(26-35)42-50(4,45)46)49-29-32-13-9-6-10-14-32/h5-24,26,30,38,40,42,44H,25,27-29H2,1-4H3/t30?,40-/m0/s1. The van der Waals surface area contributed by atoms with Gasteiger partial charge in [0.25, 0.3) is 0 Å². The Morgan fingerprint density at radius 2 is 1.24 bits per heavy atom. The normalized spacial score (nSPS) is 12.8. The van der Waals surface area contributed by atoms with E-state index < -0.39 is 16.1 Å². The number of ether oxygens (including phenoxy) is 3. The summed E-state index contributed by atoms with van der Waals surface area (Å²) in [5, 5.41) is 11.7. The molecule has 0 aliphatic rings. The Labute approximate surface area is 296 Å². The van der Waals surface area contributed by atoms with E-state index in [1.54, 1.807) is 32.4 Å². The molecule has 0 aliphatic heterocycles. The topological polar surface area (TPSA) is 97.3 Å². The third-order valence-corrected chi connectivity index (χ3v) is 9.38. The third kappa shape index (κ3) is 10.3. The van der Waals surface area contributed by atoms with Gasteiger partial charge in [0.05, 0.1) is 32.3 Å². The molecule has 0 aliphatic carbocycles. The van der Waals surface area contributed by atoms with Crippen LogP contribution in [-0.2, 0) is 23.2 Å². The molecule has 0 amide bonds. The van der Waals surface area contributed by atoms with Gasteiger partial charge in [-0.15, -0.1) is 0 Å². The smallest absolute Gasteiger partial charge is 0.229 e. The molecular weight excluding hydrogens is 649 g/mol. The number of hydrogen-bond acceptors (Lipinski definition) is 7. The highest BCUT2D eigenvalue weighted by atomic mass is 32.2. The molecule has 262 valence electrons. The highest BCUT2D eigenvalue weighted by molar-refractivity contribution is 7.92. The lowest BCUT2D eigenvalue weighted by Gasteiger charge is -2.34. The van der Waals surface area contributed by atoms with Crippen LogP contribution in [-0.4, -0.2) is 51.5 Å². The summed E-state index contributed by atoms with van der Waals surface area (Å²) in [6.07, 6.45) is 0.957. The van der Waals surface area contributed by atoms with Crippen LogP contribution in [0.5, 0.6) is 17.2 Å². The van der Waals surface area contributed by atoms with E-state index in [1.165, 1.54) is 0 Å². The lowest BCUT2D eigenvalue weighted by molar-refractivity contribution is 0.0820. The first kappa shape index (κ1) is 36.5. The van der Waals surface area contributed by atoms with Crippen LogP contribution in [0.3, 0.4) is 0 Å². The molecule has 0 heterocycles. The van der Waals surface area contributed by atoms with Crippen LogP contribution < -0.4 is 18.9 Å². The molecule has 0 aromatic heterocycles. The van der Waals surface area contributed by atoms with Crippen molar-refractivity contribution in [2.24, 2.45) is 0 Å². The van der Waals surface area contributed by atoms with Crippen molar-refractivity contribution in [3.05, 3.63) is 155 Å². The van der Waals surface area contributed by atoms with Crippen molar-refractivity contribution in [3.63, 3.8) is 0 Å². The van der Waals surface area contributed by atoms with E-state index in [1.807, 2.05) is 72.8 Å². The van der Waals surface area contributed by atoms with E-state index in [0.717, 1.165) is 46.4 Å². The maximum Gasteiger partial charge on any atom is 0.229 e. The highest BCUT2D eigenvalue weighted by Gasteiger charge is 2.25. The molecule has 5 aromatic rings. The number of methoxy groups -OCH3 is 2. The number of rotatable bonds is 17. The van der Waals surface area contributed by atoms with Crippen LogP contribution in [0.4, 0.5) is 5.69 Å². The molecule has 2 N–H and O–H groups in total. The predicted molar refractivity (Wildman–Crippen MR) is 199 cm³/mol. The minimum absolute atomic E-state index is 0.0288. The van der Waals surface area contributed by atoms with Gasteiger partial charge in [0.2, 0.25) is 10.0 Å². The second-order valence-corrected chi connectivity index (χ2v) is 14.3. The molecule has 5 aromatic carbocycles. The van der Waals surface area contributed by atoms with Crippen molar-refractivity contribution in [2.45, 2.75) is 44.6 Å². The van der Waals surface area contributed by atoms with E-state index in [4.69, 9.17) is 14.2 Å². The Balaban J connectivity index is 1.42. The maximum absolute atomic E-state index is 12.3. The second kappa shape index (κ2) is 17.2. The van der Waals surface area contributed by atoms with Crippen molar-refractivity contribution in [3.8, 4) is 17.2 Å². The number of nitrogens with zero attached hydrogens (tertiary/aromatic N) is 1. The van der Waals surface area contributed by atoms with Gasteiger partial charge in [0, 0.05) is 25.0 Å².